The summed E-state index contributed by atoms with van der Waals surface area (Å²) in [7, 11) is -3.07. The molecule has 0 saturated heterocycles. The number of aromatic carboxylic acids is 1. The Kier molecular flexibility index (Phi) is 7.33. The molecule has 7 nitrogen and oxygen atoms in total. The number of thiazole rings is 1. The Labute approximate surface area is 212 Å². The second-order valence-corrected chi connectivity index (χ2v) is 11.5. The molecule has 192 valence electrons. The first-order valence-corrected chi connectivity index (χ1v) is 13.8. The molecule has 2 aromatic carbocycles. The van der Waals surface area contributed by atoms with E-state index < -0.39 is 27.4 Å². The molecule has 0 bridgehead atoms. The van der Waals surface area contributed by atoms with E-state index in [1.54, 1.807) is 19.1 Å². The van der Waals surface area contributed by atoms with Crippen molar-refractivity contribution in [1.82, 2.24) is 4.98 Å². The summed E-state index contributed by atoms with van der Waals surface area (Å²) in [6.07, 6.45) is 4.03. The van der Waals surface area contributed by atoms with Gasteiger partial charge < -0.3 is 9.84 Å². The Balaban J connectivity index is 1.61. The number of aromatic nitrogens is 1. The van der Waals surface area contributed by atoms with Crippen molar-refractivity contribution >= 4 is 33.0 Å². The van der Waals surface area contributed by atoms with Gasteiger partial charge in [-0.15, -0.1) is 11.3 Å². The lowest BCUT2D eigenvalue weighted by atomic mass is 9.78. The van der Waals surface area contributed by atoms with Crippen LogP contribution in [-0.2, 0) is 10.0 Å². The first-order chi connectivity index (χ1) is 17.0. The number of hydrogen-bond donors (Lipinski definition) is 2. The van der Waals surface area contributed by atoms with Crippen molar-refractivity contribution in [2.24, 2.45) is 5.92 Å². The average Bonchev–Trinajstić information content (AvgIpc) is 3.32. The van der Waals surface area contributed by atoms with Crippen LogP contribution in [0.4, 0.5) is 14.5 Å². The summed E-state index contributed by atoms with van der Waals surface area (Å²) in [5.41, 5.74) is 0.664. The molecule has 1 aliphatic carbocycles. The third-order valence-electron chi connectivity index (χ3n) is 6.62. The fourth-order valence-corrected chi connectivity index (χ4v) is 6.73. The summed E-state index contributed by atoms with van der Waals surface area (Å²) in [5.74, 6) is -2.27. The zero-order valence-corrected chi connectivity index (χ0v) is 21.6. The molecule has 3 aromatic rings. The number of nitrogens with one attached hydrogen (secondary N) is 1. The number of methoxy groups -OCH3 is 1. The molecular weight excluding hydrogens is 510 g/mol. The van der Waals surface area contributed by atoms with Crippen LogP contribution in [-0.4, -0.2) is 31.6 Å². The van der Waals surface area contributed by atoms with Crippen LogP contribution in [0.3, 0.4) is 0 Å². The van der Waals surface area contributed by atoms with E-state index in [-0.39, 0.29) is 28.2 Å². The van der Waals surface area contributed by atoms with Crippen LogP contribution in [0.5, 0.6) is 5.75 Å². The molecule has 1 aromatic heterocycles. The highest BCUT2D eigenvalue weighted by Gasteiger charge is 2.26. The van der Waals surface area contributed by atoms with Gasteiger partial charge in [-0.05, 0) is 48.8 Å². The lowest BCUT2D eigenvalue weighted by Gasteiger charge is -2.27. The maximum absolute atomic E-state index is 15.3. The van der Waals surface area contributed by atoms with Gasteiger partial charge in [0.05, 0.1) is 18.4 Å². The van der Waals surface area contributed by atoms with Crippen LogP contribution in [0.1, 0.15) is 60.0 Å². The van der Waals surface area contributed by atoms with E-state index >= 15 is 4.39 Å². The molecule has 2 N–H and O–H groups in total. The monoisotopic (exact) mass is 536 g/mol. The standard InChI is InChI=1S/C25H26F2N2O5S2/c1-13-4-6-15(7-5-13)17-9-8-16(14(2)23(17)27)24-28-22(12-35-24)36(32,33)29-20-11-19(26)18(25(30)31)10-21(20)34-3/h8-13,15,29H,4-7H2,1-3H3,(H,30,31)/t13-,15-. The number of ether oxygens (including phenoxy) is 1. The zero-order valence-electron chi connectivity index (χ0n) is 20.0. The number of carbonyl (C=O) groups is 1. The van der Waals surface area contributed by atoms with E-state index in [1.165, 1.54) is 12.5 Å². The number of halogens is 2. The van der Waals surface area contributed by atoms with Gasteiger partial charge in [0.1, 0.15) is 22.4 Å². The van der Waals surface area contributed by atoms with Gasteiger partial charge in [0.15, 0.2) is 5.03 Å². The molecular formula is C25H26F2N2O5S2. The van der Waals surface area contributed by atoms with Crippen LogP contribution in [0, 0.1) is 24.5 Å². The Morgan fingerprint density at radius 1 is 1.19 bits per heavy atom. The molecule has 0 spiro atoms. The molecule has 11 heteroatoms. The highest BCUT2D eigenvalue weighted by Crippen LogP contribution is 2.40. The normalized spacial score (nSPS) is 18.1. The highest BCUT2D eigenvalue weighted by atomic mass is 32.2. The molecule has 0 atom stereocenters. The second kappa shape index (κ2) is 10.1. The van der Waals surface area contributed by atoms with Crippen molar-refractivity contribution in [2.45, 2.75) is 50.5 Å². The molecule has 0 aliphatic heterocycles. The van der Waals surface area contributed by atoms with E-state index in [1.807, 2.05) is 0 Å². The minimum atomic E-state index is -4.28. The second-order valence-electron chi connectivity index (χ2n) is 9.03. The van der Waals surface area contributed by atoms with Crippen molar-refractivity contribution in [2.75, 3.05) is 11.8 Å². The van der Waals surface area contributed by atoms with E-state index in [2.05, 4.69) is 16.6 Å². The summed E-state index contributed by atoms with van der Waals surface area (Å²) in [6, 6.07) is 5.17. The van der Waals surface area contributed by atoms with Crippen molar-refractivity contribution in [1.29, 1.82) is 0 Å². The quantitative estimate of drug-likeness (QED) is 0.373. The third-order valence-corrected chi connectivity index (χ3v) is 8.90. The number of anilines is 1. The maximum atomic E-state index is 15.3. The van der Waals surface area contributed by atoms with E-state index in [9.17, 15) is 17.6 Å². The molecule has 0 radical (unpaired) electrons. The Morgan fingerprint density at radius 2 is 1.89 bits per heavy atom. The lowest BCUT2D eigenvalue weighted by molar-refractivity contribution is 0.0691. The van der Waals surface area contributed by atoms with Gasteiger partial charge in [-0.2, -0.15) is 8.42 Å². The molecule has 0 unspecified atom stereocenters. The summed E-state index contributed by atoms with van der Waals surface area (Å²) < 4.78 is 62.6. The van der Waals surface area contributed by atoms with Crippen LogP contribution >= 0.6 is 11.3 Å². The number of nitrogens with zero attached hydrogens (tertiary/aromatic N) is 1. The average molecular weight is 537 g/mol. The van der Waals surface area contributed by atoms with Gasteiger partial charge in [0, 0.05) is 17.0 Å². The fraction of sp³-hybridized carbons (Fsp3) is 0.360. The molecule has 1 aliphatic rings. The summed E-state index contributed by atoms with van der Waals surface area (Å²) in [5, 5.41) is 10.4. The first kappa shape index (κ1) is 26.0. The maximum Gasteiger partial charge on any atom is 0.338 e. The minimum Gasteiger partial charge on any atom is -0.495 e. The van der Waals surface area contributed by atoms with Crippen molar-refractivity contribution in [3.05, 3.63) is 58.0 Å². The Hall–Kier alpha value is -3.05. The number of rotatable bonds is 7. The van der Waals surface area contributed by atoms with Crippen molar-refractivity contribution in [3.8, 4) is 16.3 Å². The summed E-state index contributed by atoms with van der Waals surface area (Å²) in [4.78, 5) is 15.3. The van der Waals surface area contributed by atoms with Crippen molar-refractivity contribution in [3.63, 3.8) is 0 Å². The lowest BCUT2D eigenvalue weighted by Crippen LogP contribution is -2.15. The molecule has 36 heavy (non-hydrogen) atoms. The Morgan fingerprint density at radius 3 is 2.53 bits per heavy atom. The van der Waals surface area contributed by atoms with Gasteiger partial charge in [0.2, 0.25) is 0 Å². The number of hydrogen-bond acceptors (Lipinski definition) is 6. The topological polar surface area (TPSA) is 106 Å². The zero-order chi connectivity index (χ0) is 26.2. The molecule has 1 fully saturated rings. The van der Waals surface area contributed by atoms with Gasteiger partial charge >= 0.3 is 5.97 Å². The Bertz CT molecular complexity index is 1410. The van der Waals surface area contributed by atoms with E-state index in [0.717, 1.165) is 49.2 Å². The summed E-state index contributed by atoms with van der Waals surface area (Å²) >= 11 is 1.04. The third kappa shape index (κ3) is 5.08. The minimum absolute atomic E-state index is 0.168. The fourth-order valence-electron chi connectivity index (χ4n) is 4.49. The van der Waals surface area contributed by atoms with Gasteiger partial charge in [0.25, 0.3) is 10.0 Å². The highest BCUT2D eigenvalue weighted by molar-refractivity contribution is 7.92. The first-order valence-electron chi connectivity index (χ1n) is 11.4. The molecule has 0 amide bonds. The van der Waals surface area contributed by atoms with E-state index in [0.29, 0.717) is 27.6 Å². The van der Waals surface area contributed by atoms with Gasteiger partial charge in [-0.1, -0.05) is 31.9 Å². The smallest absolute Gasteiger partial charge is 0.338 e. The number of sulfonamides is 1. The molecule has 4 rings (SSSR count). The SMILES string of the molecule is COc1cc(C(=O)O)c(F)cc1NS(=O)(=O)c1csc(-c2ccc([C@H]3CC[C@H](C)CC3)c(F)c2C)n1. The van der Waals surface area contributed by atoms with Crippen LogP contribution in [0.25, 0.3) is 10.6 Å². The number of benzene rings is 2. The largest absolute Gasteiger partial charge is 0.495 e. The van der Waals surface area contributed by atoms with Crippen LogP contribution < -0.4 is 9.46 Å². The number of carboxylic acids is 1. The predicted molar refractivity (Wildman–Crippen MR) is 133 cm³/mol. The van der Waals surface area contributed by atoms with Crippen LogP contribution in [0.2, 0.25) is 0 Å². The molecule has 1 saturated carbocycles. The molecule has 1 heterocycles. The predicted octanol–water partition coefficient (Wildman–Crippen LogP) is 6.20. The van der Waals surface area contributed by atoms with Crippen molar-refractivity contribution < 1.29 is 31.8 Å². The summed E-state index contributed by atoms with van der Waals surface area (Å²) in [6.45, 7) is 3.87. The van der Waals surface area contributed by atoms with Crippen LogP contribution in [0.15, 0.2) is 34.7 Å². The van der Waals surface area contributed by atoms with Gasteiger partial charge in [-0.25, -0.2) is 18.6 Å². The number of carboxylic acid groups (broad SMARTS) is 1. The van der Waals surface area contributed by atoms with E-state index in [4.69, 9.17) is 9.84 Å². The van der Waals surface area contributed by atoms with Gasteiger partial charge in [-0.3, -0.25) is 4.72 Å².